The fourth-order valence-electron chi connectivity index (χ4n) is 2.64. The van der Waals surface area contributed by atoms with Crippen molar-refractivity contribution in [2.24, 2.45) is 0 Å². The fraction of sp³-hybridized carbons (Fsp3) is 0.250. The summed E-state index contributed by atoms with van der Waals surface area (Å²) in [6.45, 7) is 1.32. The van der Waals surface area contributed by atoms with E-state index in [0.29, 0.717) is 11.9 Å². The van der Waals surface area contributed by atoms with Crippen LogP contribution in [0.25, 0.3) is 10.9 Å². The van der Waals surface area contributed by atoms with E-state index in [4.69, 9.17) is 5.26 Å². The zero-order valence-corrected chi connectivity index (χ0v) is 13.7. The lowest BCUT2D eigenvalue weighted by atomic mass is 10.2. The van der Waals surface area contributed by atoms with Gasteiger partial charge in [-0.3, -0.25) is 4.68 Å². The molecule has 7 heteroatoms. The fourth-order valence-corrected chi connectivity index (χ4v) is 2.96. The number of aromatic nitrogens is 3. The number of hydrogen-bond acceptors (Lipinski definition) is 2. The third-order valence-electron chi connectivity index (χ3n) is 3.65. The molecule has 23 heavy (non-hydrogen) atoms. The summed E-state index contributed by atoms with van der Waals surface area (Å²) in [5.74, 6) is -1.31. The Morgan fingerprint density at radius 3 is 2.65 bits per heavy atom. The second-order valence-electron chi connectivity index (χ2n) is 5.26. The molecule has 0 aliphatic rings. The zero-order chi connectivity index (χ0) is 16.4. The molecule has 2 aromatic heterocycles. The molecule has 0 atom stereocenters. The van der Waals surface area contributed by atoms with Crippen molar-refractivity contribution in [3.8, 4) is 6.07 Å². The molecule has 0 saturated carbocycles. The van der Waals surface area contributed by atoms with Crippen molar-refractivity contribution in [2.45, 2.75) is 25.9 Å². The first-order valence-corrected chi connectivity index (χ1v) is 7.93. The molecule has 0 saturated heterocycles. The van der Waals surface area contributed by atoms with Crippen molar-refractivity contribution in [1.29, 1.82) is 5.26 Å². The van der Waals surface area contributed by atoms with Crippen LogP contribution >= 0.6 is 15.9 Å². The molecule has 118 valence electrons. The lowest BCUT2D eigenvalue weighted by molar-refractivity contribution is 0.523. The highest BCUT2D eigenvalue weighted by atomic mass is 79.9. The van der Waals surface area contributed by atoms with E-state index in [1.807, 2.05) is 16.9 Å². The highest BCUT2D eigenvalue weighted by Crippen LogP contribution is 2.25. The summed E-state index contributed by atoms with van der Waals surface area (Å²) in [4.78, 5) is 0. The Kier molecular flexibility index (Phi) is 4.44. The zero-order valence-electron chi connectivity index (χ0n) is 12.1. The van der Waals surface area contributed by atoms with Crippen molar-refractivity contribution in [1.82, 2.24) is 14.3 Å². The van der Waals surface area contributed by atoms with E-state index < -0.39 is 11.6 Å². The van der Waals surface area contributed by atoms with Gasteiger partial charge in [0.05, 0.1) is 21.7 Å². The van der Waals surface area contributed by atoms with E-state index in [-0.39, 0.29) is 11.1 Å². The maximum Gasteiger partial charge on any atom is 0.150 e. The molecule has 0 spiro atoms. The van der Waals surface area contributed by atoms with Crippen LogP contribution in [0, 0.1) is 23.0 Å². The van der Waals surface area contributed by atoms with Gasteiger partial charge in [-0.15, -0.1) is 0 Å². The Morgan fingerprint density at radius 1 is 1.17 bits per heavy atom. The van der Waals surface area contributed by atoms with Gasteiger partial charge < -0.3 is 4.57 Å². The highest BCUT2D eigenvalue weighted by Gasteiger charge is 2.14. The highest BCUT2D eigenvalue weighted by molar-refractivity contribution is 9.10. The molecule has 2 heterocycles. The second kappa shape index (κ2) is 6.50. The first-order valence-electron chi connectivity index (χ1n) is 7.14. The average molecular weight is 379 g/mol. The largest absolute Gasteiger partial charge is 0.344 e. The number of halogens is 3. The summed E-state index contributed by atoms with van der Waals surface area (Å²) in [6, 6.07) is 4.04. The number of hydrogen-bond donors (Lipinski definition) is 0. The van der Waals surface area contributed by atoms with Crippen molar-refractivity contribution >= 4 is 26.8 Å². The van der Waals surface area contributed by atoms with Gasteiger partial charge in [0, 0.05) is 36.9 Å². The minimum absolute atomic E-state index is 0.282. The van der Waals surface area contributed by atoms with Gasteiger partial charge in [0.1, 0.15) is 17.7 Å². The second-order valence-corrected chi connectivity index (χ2v) is 6.18. The van der Waals surface area contributed by atoms with Crippen LogP contribution in [0.3, 0.4) is 0 Å². The van der Waals surface area contributed by atoms with Gasteiger partial charge in [-0.2, -0.15) is 10.4 Å². The first kappa shape index (κ1) is 15.7. The van der Waals surface area contributed by atoms with Gasteiger partial charge in [0.2, 0.25) is 0 Å². The van der Waals surface area contributed by atoms with E-state index in [1.165, 1.54) is 6.07 Å². The number of fused-ring (bicyclic) bond motifs is 1. The van der Waals surface area contributed by atoms with Crippen LogP contribution in [-0.2, 0) is 13.1 Å². The molecule has 0 radical (unpaired) electrons. The minimum atomic E-state index is -0.673. The number of aryl methyl sites for hydroxylation is 2. The van der Waals surface area contributed by atoms with Gasteiger partial charge >= 0.3 is 0 Å². The Balaban J connectivity index is 1.74. The standard InChI is InChI=1S/C16H13BrF2N4/c17-12-8-21-23(10-12)4-2-1-3-22-9-11(7-20)14-5-13(18)6-15(19)16(14)22/h5-6,8-10H,1-4H2. The van der Waals surface area contributed by atoms with E-state index in [0.717, 1.165) is 29.9 Å². The topological polar surface area (TPSA) is 46.5 Å². The average Bonchev–Trinajstić information content (AvgIpc) is 3.07. The summed E-state index contributed by atoms with van der Waals surface area (Å²) in [5.41, 5.74) is 0.569. The Bertz CT molecular complexity index is 891. The van der Waals surface area contributed by atoms with Gasteiger partial charge in [0.25, 0.3) is 0 Å². The molecule has 3 rings (SSSR count). The lowest BCUT2D eigenvalue weighted by Crippen LogP contribution is -2.02. The normalized spacial score (nSPS) is 11.0. The van der Waals surface area contributed by atoms with Crippen LogP contribution in [0.15, 0.2) is 35.2 Å². The van der Waals surface area contributed by atoms with Gasteiger partial charge in [-0.25, -0.2) is 8.78 Å². The van der Waals surface area contributed by atoms with Crippen molar-refractivity contribution in [3.63, 3.8) is 0 Å². The Labute approximate surface area is 140 Å². The predicted molar refractivity (Wildman–Crippen MR) is 85.7 cm³/mol. The molecule has 0 aliphatic carbocycles. The summed E-state index contributed by atoms with van der Waals surface area (Å²) in [6.07, 6.45) is 6.85. The maximum atomic E-state index is 14.0. The Morgan fingerprint density at radius 2 is 1.96 bits per heavy atom. The molecular weight excluding hydrogens is 366 g/mol. The molecule has 0 aliphatic heterocycles. The molecule has 3 aromatic rings. The number of rotatable bonds is 5. The van der Waals surface area contributed by atoms with Crippen LogP contribution in [0.1, 0.15) is 18.4 Å². The van der Waals surface area contributed by atoms with Crippen molar-refractivity contribution in [3.05, 3.63) is 52.4 Å². The number of benzene rings is 1. The van der Waals surface area contributed by atoms with Crippen LogP contribution in [-0.4, -0.2) is 14.3 Å². The molecular formula is C16H13BrF2N4. The van der Waals surface area contributed by atoms with Gasteiger partial charge in [0.15, 0.2) is 0 Å². The van der Waals surface area contributed by atoms with Crippen LogP contribution in [0.5, 0.6) is 0 Å². The van der Waals surface area contributed by atoms with E-state index in [2.05, 4.69) is 21.0 Å². The monoisotopic (exact) mass is 378 g/mol. The van der Waals surface area contributed by atoms with Gasteiger partial charge in [-0.1, -0.05) is 0 Å². The summed E-state index contributed by atoms with van der Waals surface area (Å²) in [5, 5.41) is 13.6. The van der Waals surface area contributed by atoms with Crippen LogP contribution < -0.4 is 0 Å². The number of unbranched alkanes of at least 4 members (excludes halogenated alkanes) is 1. The van der Waals surface area contributed by atoms with Gasteiger partial charge in [-0.05, 0) is 34.8 Å². The quantitative estimate of drug-likeness (QED) is 0.623. The maximum absolute atomic E-state index is 14.0. The molecule has 0 bridgehead atoms. The molecule has 1 aromatic carbocycles. The summed E-state index contributed by atoms with van der Waals surface area (Å²) in [7, 11) is 0. The van der Waals surface area contributed by atoms with Crippen LogP contribution in [0.4, 0.5) is 8.78 Å². The minimum Gasteiger partial charge on any atom is -0.344 e. The van der Waals surface area contributed by atoms with E-state index in [1.54, 1.807) is 17.0 Å². The summed E-state index contributed by atoms with van der Waals surface area (Å²) < 4.78 is 31.8. The smallest absolute Gasteiger partial charge is 0.150 e. The lowest BCUT2D eigenvalue weighted by Gasteiger charge is -2.06. The molecule has 0 N–H and O–H groups in total. The van der Waals surface area contributed by atoms with E-state index >= 15 is 0 Å². The SMILES string of the molecule is N#Cc1cn(CCCCn2cc(Br)cn2)c2c(F)cc(F)cc12. The molecule has 0 fully saturated rings. The number of nitriles is 1. The first-order chi connectivity index (χ1) is 11.1. The van der Waals surface area contributed by atoms with Crippen LogP contribution in [0.2, 0.25) is 0 Å². The van der Waals surface area contributed by atoms with E-state index in [9.17, 15) is 8.78 Å². The predicted octanol–water partition coefficient (Wildman–Crippen LogP) is 4.23. The molecule has 0 unspecified atom stereocenters. The summed E-state index contributed by atoms with van der Waals surface area (Å²) >= 11 is 3.34. The van der Waals surface area contributed by atoms with Crippen molar-refractivity contribution < 1.29 is 8.78 Å². The Hall–Kier alpha value is -2.20. The molecule has 0 amide bonds. The third-order valence-corrected chi connectivity index (χ3v) is 4.06. The van der Waals surface area contributed by atoms with Crippen molar-refractivity contribution in [2.75, 3.05) is 0 Å². The number of nitrogens with zero attached hydrogens (tertiary/aromatic N) is 4. The molecule has 4 nitrogen and oxygen atoms in total. The third kappa shape index (κ3) is 3.27.